The van der Waals surface area contributed by atoms with Crippen LogP contribution in [0.25, 0.3) is 22.3 Å². The highest BCUT2D eigenvalue weighted by Crippen LogP contribution is 2.38. The number of hydrogen-bond acceptors (Lipinski definition) is 14. The van der Waals surface area contributed by atoms with Gasteiger partial charge in [-0.05, 0) is 38.1 Å². The molecular formula is C28H32O14. The van der Waals surface area contributed by atoms with E-state index in [1.807, 2.05) is 0 Å². The van der Waals surface area contributed by atoms with Crippen LogP contribution in [0.15, 0.2) is 45.6 Å². The van der Waals surface area contributed by atoms with Crippen LogP contribution in [-0.2, 0) is 9.47 Å². The molecule has 0 saturated carbocycles. The zero-order chi connectivity index (χ0) is 30.5. The summed E-state index contributed by atoms with van der Waals surface area (Å²) in [7, 11) is 1.47. The first-order chi connectivity index (χ1) is 19.9. The molecule has 10 atom stereocenters. The number of phenols is 1. The van der Waals surface area contributed by atoms with Crippen LogP contribution in [0.2, 0.25) is 0 Å². The maximum absolute atomic E-state index is 13.8. The summed E-state index contributed by atoms with van der Waals surface area (Å²) in [6.45, 7) is 2.92. The van der Waals surface area contributed by atoms with Crippen molar-refractivity contribution in [3.63, 3.8) is 0 Å². The summed E-state index contributed by atoms with van der Waals surface area (Å²) >= 11 is 0. The number of hydrogen-bond donors (Lipinski definition) is 7. The third-order valence-electron chi connectivity index (χ3n) is 7.36. The quantitative estimate of drug-likeness (QED) is 0.194. The summed E-state index contributed by atoms with van der Waals surface area (Å²) in [5, 5.41) is 71.7. The first-order valence-electron chi connectivity index (χ1n) is 13.1. The van der Waals surface area contributed by atoms with Crippen LogP contribution in [0.5, 0.6) is 23.0 Å². The van der Waals surface area contributed by atoms with Gasteiger partial charge in [0.1, 0.15) is 64.8 Å². The minimum atomic E-state index is -1.74. The van der Waals surface area contributed by atoms with E-state index in [1.54, 1.807) is 24.3 Å². The number of ether oxygens (including phenoxy) is 5. The fraction of sp³-hybridized carbons (Fsp3) is 0.464. The van der Waals surface area contributed by atoms with E-state index < -0.39 is 78.3 Å². The van der Waals surface area contributed by atoms with Crippen molar-refractivity contribution in [3.05, 3.63) is 46.6 Å². The van der Waals surface area contributed by atoms with Gasteiger partial charge >= 0.3 is 0 Å². The topological polar surface area (TPSA) is 218 Å². The molecule has 2 aliphatic heterocycles. The van der Waals surface area contributed by atoms with Gasteiger partial charge in [0.05, 0.1) is 19.3 Å². The van der Waals surface area contributed by atoms with Crippen LogP contribution in [0.1, 0.15) is 13.8 Å². The van der Waals surface area contributed by atoms with Gasteiger partial charge in [0.2, 0.25) is 23.8 Å². The Labute approximate surface area is 238 Å². The lowest BCUT2D eigenvalue weighted by molar-refractivity contribution is -0.268. The van der Waals surface area contributed by atoms with Crippen LogP contribution in [-0.4, -0.2) is 104 Å². The predicted molar refractivity (Wildman–Crippen MR) is 142 cm³/mol. The van der Waals surface area contributed by atoms with Crippen molar-refractivity contribution in [1.29, 1.82) is 0 Å². The van der Waals surface area contributed by atoms with Crippen molar-refractivity contribution in [1.82, 2.24) is 0 Å². The number of methoxy groups -OCH3 is 1. The Balaban J connectivity index is 1.59. The zero-order valence-corrected chi connectivity index (χ0v) is 22.7. The molecule has 0 spiro atoms. The summed E-state index contributed by atoms with van der Waals surface area (Å²) in [5.74, 6) is -0.808. The molecule has 2 aliphatic rings. The van der Waals surface area contributed by atoms with Crippen LogP contribution >= 0.6 is 0 Å². The molecule has 2 fully saturated rings. The lowest BCUT2D eigenvalue weighted by Gasteiger charge is -2.39. The van der Waals surface area contributed by atoms with Gasteiger partial charge in [0.25, 0.3) is 0 Å². The Kier molecular flexibility index (Phi) is 8.33. The normalized spacial score (nSPS) is 33.4. The van der Waals surface area contributed by atoms with Crippen LogP contribution in [0.3, 0.4) is 0 Å². The smallest absolute Gasteiger partial charge is 0.239 e. The highest BCUT2D eigenvalue weighted by molar-refractivity contribution is 5.88. The van der Waals surface area contributed by atoms with Gasteiger partial charge in [-0.2, -0.15) is 0 Å². The number of benzene rings is 2. The highest BCUT2D eigenvalue weighted by Gasteiger charge is 2.45. The molecule has 14 nitrogen and oxygen atoms in total. The van der Waals surface area contributed by atoms with Crippen molar-refractivity contribution >= 4 is 11.0 Å². The second kappa shape index (κ2) is 11.7. The second-order valence-electron chi connectivity index (χ2n) is 10.2. The van der Waals surface area contributed by atoms with E-state index >= 15 is 0 Å². The van der Waals surface area contributed by atoms with Crippen molar-refractivity contribution < 1.29 is 63.8 Å². The fourth-order valence-corrected chi connectivity index (χ4v) is 4.84. The van der Waals surface area contributed by atoms with Crippen molar-refractivity contribution in [2.45, 2.75) is 75.3 Å². The summed E-state index contributed by atoms with van der Waals surface area (Å²) in [4.78, 5) is 13.8. The number of aliphatic hydroxyl groups is 6. The lowest BCUT2D eigenvalue weighted by Crippen LogP contribution is -2.58. The summed E-state index contributed by atoms with van der Waals surface area (Å²) in [5.41, 5.74) is -0.705. The molecule has 1 aromatic heterocycles. The van der Waals surface area contributed by atoms with Gasteiger partial charge in [0, 0.05) is 17.7 Å². The summed E-state index contributed by atoms with van der Waals surface area (Å²) < 4.78 is 33.6. The first kappa shape index (κ1) is 30.0. The van der Waals surface area contributed by atoms with E-state index in [-0.39, 0.29) is 22.5 Å². The Bertz CT molecular complexity index is 1470. The Morgan fingerprint density at radius 2 is 1.26 bits per heavy atom. The number of aromatic hydroxyl groups is 1. The molecule has 3 aromatic rings. The van der Waals surface area contributed by atoms with Crippen LogP contribution < -0.4 is 19.6 Å². The molecule has 3 heterocycles. The van der Waals surface area contributed by atoms with Gasteiger partial charge in [-0.1, -0.05) is 0 Å². The molecule has 228 valence electrons. The number of phenolic OH excluding ortho intramolecular Hbond substituents is 1. The molecule has 14 heteroatoms. The minimum Gasteiger partial charge on any atom is -0.507 e. The van der Waals surface area contributed by atoms with E-state index in [0.717, 1.165) is 6.07 Å². The van der Waals surface area contributed by atoms with Crippen LogP contribution in [0.4, 0.5) is 0 Å². The summed E-state index contributed by atoms with van der Waals surface area (Å²) in [6, 6.07) is 8.63. The maximum atomic E-state index is 13.8. The van der Waals surface area contributed by atoms with E-state index in [2.05, 4.69) is 0 Å². The van der Waals surface area contributed by atoms with E-state index in [9.17, 15) is 40.5 Å². The average Bonchev–Trinajstić information content (AvgIpc) is 2.97. The van der Waals surface area contributed by atoms with Gasteiger partial charge in [-0.3, -0.25) is 4.79 Å². The highest BCUT2D eigenvalue weighted by atomic mass is 16.7. The van der Waals surface area contributed by atoms with Gasteiger partial charge in [-0.25, -0.2) is 0 Å². The molecule has 7 N–H and O–H groups in total. The molecular weight excluding hydrogens is 560 g/mol. The van der Waals surface area contributed by atoms with Gasteiger partial charge in [-0.15, -0.1) is 0 Å². The standard InChI is InChI=1S/C28H32O14/c1-10-18(30)21(33)23(35)27(38-10)40-14-8-15(29)17-16(9-14)41-25(12-4-6-13(37-3)7-5-12)26(20(17)32)42-28-24(36)22(34)19(31)11(2)39-28/h4-11,18-19,21-24,27-31,33-36H,1-3H3/t10-,11-,18+,19+,21+,22+,23-,24+,27+,28+/m1/s1. The fourth-order valence-electron chi connectivity index (χ4n) is 4.84. The lowest BCUT2D eigenvalue weighted by atomic mass is 10.00. The van der Waals surface area contributed by atoms with E-state index in [0.29, 0.717) is 11.3 Å². The molecule has 42 heavy (non-hydrogen) atoms. The zero-order valence-electron chi connectivity index (χ0n) is 22.7. The monoisotopic (exact) mass is 592 g/mol. The molecule has 0 aliphatic carbocycles. The second-order valence-corrected chi connectivity index (χ2v) is 10.2. The summed E-state index contributed by atoms with van der Waals surface area (Å²) in [6.07, 6.45) is -14.2. The minimum absolute atomic E-state index is 0.102. The van der Waals surface area contributed by atoms with Crippen molar-refractivity contribution in [3.8, 4) is 34.3 Å². The number of rotatable bonds is 6. The Hall–Kier alpha value is -3.47. The first-order valence-corrected chi connectivity index (χ1v) is 13.1. The molecule has 0 bridgehead atoms. The molecule has 2 aromatic carbocycles. The van der Waals surface area contributed by atoms with E-state index in [1.165, 1.54) is 27.0 Å². The Morgan fingerprint density at radius 1 is 0.714 bits per heavy atom. The van der Waals surface area contributed by atoms with Crippen molar-refractivity contribution in [2.75, 3.05) is 7.11 Å². The average molecular weight is 593 g/mol. The molecule has 2 saturated heterocycles. The molecule has 0 radical (unpaired) electrons. The third kappa shape index (κ3) is 5.39. The molecule has 0 amide bonds. The van der Waals surface area contributed by atoms with Crippen LogP contribution in [0, 0.1) is 0 Å². The third-order valence-corrected chi connectivity index (χ3v) is 7.36. The van der Waals surface area contributed by atoms with Gasteiger partial charge in [0.15, 0.2) is 5.76 Å². The van der Waals surface area contributed by atoms with E-state index in [4.69, 9.17) is 28.1 Å². The largest absolute Gasteiger partial charge is 0.507 e. The van der Waals surface area contributed by atoms with Gasteiger partial charge < -0.3 is 63.8 Å². The number of fused-ring (bicyclic) bond motifs is 1. The Morgan fingerprint density at radius 3 is 1.81 bits per heavy atom. The number of aliphatic hydroxyl groups excluding tert-OH is 6. The SMILES string of the molecule is COc1ccc(-c2oc3cc(O[C@@H]4O[C@H](C)[C@H](O)[C@H](O)[C@H]4O)cc(O)c3c(=O)c2O[C@@H]2O[C@H](C)[C@H](O)[C@H](O)[C@@H]2O)cc1. The maximum Gasteiger partial charge on any atom is 0.239 e. The molecule has 0 unspecified atom stereocenters. The molecule has 5 rings (SSSR count). The predicted octanol–water partition coefficient (Wildman–Crippen LogP) is -0.413. The van der Waals surface area contributed by atoms with Crippen molar-refractivity contribution in [2.24, 2.45) is 0 Å².